The Morgan fingerprint density at radius 2 is 1.70 bits per heavy atom. The Hall–Kier alpha value is -1.13. The molecule has 30 heavy (non-hydrogen) atoms. The molecule has 0 amide bonds. The summed E-state index contributed by atoms with van der Waals surface area (Å²) in [6, 6.07) is 0. The van der Waals surface area contributed by atoms with E-state index in [1.165, 1.54) is 18.6 Å². The first-order valence-electron chi connectivity index (χ1n) is 10.0. The van der Waals surface area contributed by atoms with Gasteiger partial charge in [-0.3, -0.25) is 0 Å². The molecule has 1 fully saturated rings. The molecule has 174 valence electrons. The average Bonchev–Trinajstić information content (AvgIpc) is 2.72. The number of ether oxygens (including phenoxy) is 3. The van der Waals surface area contributed by atoms with Crippen LogP contribution in [0.4, 0.5) is 30.7 Å². The summed E-state index contributed by atoms with van der Waals surface area (Å²) >= 11 is 0. The van der Waals surface area contributed by atoms with Crippen LogP contribution in [0.2, 0.25) is 0 Å². The molecule has 0 radical (unpaired) electrons. The first-order valence-corrected chi connectivity index (χ1v) is 10.0. The highest BCUT2D eigenvalue weighted by atomic mass is 19.4. The van der Waals surface area contributed by atoms with Crippen LogP contribution in [0.3, 0.4) is 0 Å². The maximum Gasteiger partial charge on any atom is 0.426 e. The van der Waals surface area contributed by atoms with Crippen molar-refractivity contribution in [3.8, 4) is 0 Å². The summed E-state index contributed by atoms with van der Waals surface area (Å²) in [6.07, 6.45) is 1.15. The topological polar surface area (TPSA) is 27.7 Å². The van der Waals surface area contributed by atoms with Crippen LogP contribution in [0.1, 0.15) is 45.4 Å². The fourth-order valence-electron chi connectivity index (χ4n) is 3.20. The highest BCUT2D eigenvalue weighted by Crippen LogP contribution is 2.47. The van der Waals surface area contributed by atoms with Gasteiger partial charge in [-0.1, -0.05) is 50.8 Å². The van der Waals surface area contributed by atoms with E-state index in [0.717, 1.165) is 31.8 Å². The molecule has 1 unspecified atom stereocenters. The number of hydrogen-bond acceptors (Lipinski definition) is 3. The molecule has 2 aliphatic rings. The van der Waals surface area contributed by atoms with Gasteiger partial charge in [-0.2, -0.15) is 26.3 Å². The average molecular weight is 448 g/mol. The highest BCUT2D eigenvalue weighted by Gasteiger charge is 2.73. The Kier molecular flexibility index (Phi) is 8.76. The molecule has 0 aromatic carbocycles. The van der Waals surface area contributed by atoms with Crippen LogP contribution in [0, 0.1) is 5.92 Å². The lowest BCUT2D eigenvalue weighted by Crippen LogP contribution is -2.57. The number of hydrogen-bond donors (Lipinski definition) is 0. The van der Waals surface area contributed by atoms with Crippen LogP contribution in [-0.4, -0.2) is 50.2 Å². The van der Waals surface area contributed by atoms with E-state index in [1.54, 1.807) is 0 Å². The van der Waals surface area contributed by atoms with Gasteiger partial charge in [0.1, 0.15) is 0 Å². The van der Waals surface area contributed by atoms with Crippen molar-refractivity contribution >= 4 is 0 Å². The second kappa shape index (κ2) is 10.5. The molecule has 0 N–H and O–H groups in total. The minimum atomic E-state index is -5.99. The van der Waals surface area contributed by atoms with Crippen molar-refractivity contribution in [1.82, 2.24) is 0 Å². The van der Waals surface area contributed by atoms with Crippen LogP contribution in [-0.2, 0) is 14.2 Å². The zero-order chi connectivity index (χ0) is 22.4. The van der Waals surface area contributed by atoms with Crippen LogP contribution < -0.4 is 0 Å². The van der Waals surface area contributed by atoms with Gasteiger partial charge < -0.3 is 14.2 Å². The summed E-state index contributed by atoms with van der Waals surface area (Å²) < 4.78 is 107. The molecular weight excluding hydrogens is 421 g/mol. The van der Waals surface area contributed by atoms with Crippen molar-refractivity contribution in [3.63, 3.8) is 0 Å². The molecule has 1 aliphatic carbocycles. The van der Waals surface area contributed by atoms with Crippen molar-refractivity contribution < 1.29 is 44.9 Å². The van der Waals surface area contributed by atoms with Crippen molar-refractivity contribution in [3.05, 3.63) is 23.8 Å². The Morgan fingerprint density at radius 3 is 2.23 bits per heavy atom. The fourth-order valence-corrected chi connectivity index (χ4v) is 3.20. The van der Waals surface area contributed by atoms with Gasteiger partial charge in [0.15, 0.2) is 13.0 Å². The van der Waals surface area contributed by atoms with Gasteiger partial charge in [0.25, 0.3) is 0 Å². The Morgan fingerprint density at radius 1 is 1.03 bits per heavy atom. The third-order valence-electron chi connectivity index (χ3n) is 5.09. The van der Waals surface area contributed by atoms with Crippen LogP contribution in [0.5, 0.6) is 0 Å². The molecule has 10 heteroatoms. The van der Waals surface area contributed by atoms with E-state index >= 15 is 0 Å². The third-order valence-corrected chi connectivity index (χ3v) is 5.09. The molecule has 1 atom stereocenters. The lowest BCUT2D eigenvalue weighted by Gasteiger charge is -2.34. The quantitative estimate of drug-likeness (QED) is 0.285. The molecule has 2 rings (SSSR count). The van der Waals surface area contributed by atoms with Gasteiger partial charge in [-0.25, -0.2) is 4.39 Å². The van der Waals surface area contributed by atoms with Gasteiger partial charge in [-0.05, 0) is 12.8 Å². The van der Waals surface area contributed by atoms with Gasteiger partial charge >= 0.3 is 18.0 Å². The molecule has 1 heterocycles. The Labute approximate surface area is 171 Å². The largest absolute Gasteiger partial charge is 0.426 e. The summed E-state index contributed by atoms with van der Waals surface area (Å²) in [5.74, 6) is -11.3. The zero-order valence-electron chi connectivity index (χ0n) is 16.7. The summed E-state index contributed by atoms with van der Waals surface area (Å²) in [5.41, 5.74) is 0.503. The standard InChI is InChI=1S/C20H27F7O3/c1-2-3-4-5-6-14-11-28-17(29-12-14)15-7-9-16(10-8-15)30-20(26,27)19(24,25)18(22,23)13-21/h7-9,14,16-17H,2-6,10-13H2,1H3. The molecule has 0 spiro atoms. The number of unbranched alkanes of at least 4 members (excludes halogenated alkanes) is 3. The monoisotopic (exact) mass is 448 g/mol. The molecular formula is C20H27F7O3. The number of halogens is 7. The maximum absolute atomic E-state index is 13.6. The van der Waals surface area contributed by atoms with E-state index in [2.05, 4.69) is 11.7 Å². The minimum absolute atomic E-state index is 0.264. The van der Waals surface area contributed by atoms with E-state index in [0.29, 0.717) is 18.8 Å². The summed E-state index contributed by atoms with van der Waals surface area (Å²) in [7, 11) is 0. The van der Waals surface area contributed by atoms with Crippen LogP contribution in [0.15, 0.2) is 23.8 Å². The molecule has 3 nitrogen and oxygen atoms in total. The second-order valence-electron chi connectivity index (χ2n) is 7.60. The zero-order valence-corrected chi connectivity index (χ0v) is 16.7. The predicted octanol–water partition coefficient (Wildman–Crippen LogP) is 6.05. The van der Waals surface area contributed by atoms with Gasteiger partial charge in [0, 0.05) is 11.5 Å². The van der Waals surface area contributed by atoms with Crippen molar-refractivity contribution in [2.45, 2.75) is 75.8 Å². The maximum atomic E-state index is 13.6. The lowest BCUT2D eigenvalue weighted by atomic mass is 10.0. The van der Waals surface area contributed by atoms with Crippen LogP contribution in [0.25, 0.3) is 0 Å². The van der Waals surface area contributed by atoms with Gasteiger partial charge in [0.2, 0.25) is 0 Å². The smallest absolute Gasteiger partial charge is 0.348 e. The minimum Gasteiger partial charge on any atom is -0.348 e. The van der Waals surface area contributed by atoms with E-state index in [1.807, 2.05) is 0 Å². The third kappa shape index (κ3) is 5.97. The Balaban J connectivity index is 1.83. The summed E-state index contributed by atoms with van der Waals surface area (Å²) in [5, 5.41) is 0. The van der Waals surface area contributed by atoms with Crippen molar-refractivity contribution in [2.24, 2.45) is 5.92 Å². The van der Waals surface area contributed by atoms with Crippen molar-refractivity contribution in [1.29, 1.82) is 0 Å². The molecule has 1 saturated heterocycles. The predicted molar refractivity (Wildman–Crippen MR) is 95.5 cm³/mol. The van der Waals surface area contributed by atoms with Gasteiger partial charge in [0.05, 0.1) is 19.3 Å². The lowest BCUT2D eigenvalue weighted by molar-refractivity contribution is -0.405. The molecule has 0 aromatic heterocycles. The number of rotatable bonds is 11. The first-order chi connectivity index (χ1) is 14.0. The first kappa shape index (κ1) is 25.1. The molecule has 0 aromatic rings. The van der Waals surface area contributed by atoms with E-state index in [-0.39, 0.29) is 12.3 Å². The SMILES string of the molecule is CCCCCCC1COC(C2=CCC(OC(F)(F)C(F)(F)C(F)(F)CF)C=C2)OC1. The van der Waals surface area contributed by atoms with E-state index in [4.69, 9.17) is 9.47 Å². The molecule has 0 bridgehead atoms. The van der Waals surface area contributed by atoms with E-state index < -0.39 is 37.0 Å². The molecule has 0 saturated carbocycles. The summed E-state index contributed by atoms with van der Waals surface area (Å²) in [6.45, 7) is 0.152. The normalized spacial score (nSPS) is 26.0. The Bertz CT molecular complexity index is 599. The molecule has 1 aliphatic heterocycles. The van der Waals surface area contributed by atoms with E-state index in [9.17, 15) is 30.7 Å². The second-order valence-corrected chi connectivity index (χ2v) is 7.60. The van der Waals surface area contributed by atoms with Crippen molar-refractivity contribution in [2.75, 3.05) is 19.9 Å². The number of alkyl halides is 7. The van der Waals surface area contributed by atoms with Gasteiger partial charge in [-0.15, -0.1) is 0 Å². The fraction of sp³-hybridized carbons (Fsp3) is 0.800. The van der Waals surface area contributed by atoms with Crippen LogP contribution >= 0.6 is 0 Å². The summed E-state index contributed by atoms with van der Waals surface area (Å²) in [4.78, 5) is 0. The highest BCUT2D eigenvalue weighted by molar-refractivity contribution is 5.27.